The number of hydrogen-bond donors (Lipinski definition) is 4. The summed E-state index contributed by atoms with van der Waals surface area (Å²) in [5, 5.41) is 24.7. The number of thiophene rings is 1. The van der Waals surface area contributed by atoms with Crippen molar-refractivity contribution < 1.29 is 33.8 Å². The number of nitrogens with one attached hydrogen (secondary N) is 3. The van der Waals surface area contributed by atoms with Crippen LogP contribution in [0.25, 0.3) is 10.8 Å². The molecule has 2 aromatic carbocycles. The van der Waals surface area contributed by atoms with Crippen molar-refractivity contribution in [3.8, 4) is 0 Å². The minimum atomic E-state index is -1.10. The van der Waals surface area contributed by atoms with Gasteiger partial charge in [0.2, 0.25) is 23.6 Å². The number of rotatable bonds is 18. The van der Waals surface area contributed by atoms with Crippen molar-refractivity contribution in [2.45, 2.75) is 82.4 Å². The van der Waals surface area contributed by atoms with Gasteiger partial charge in [0, 0.05) is 57.0 Å². The SMILES string of the molecule is O=C(C[C@H](O)[C@H](CC1CCCCC1)NC(=O)[C@H](Cc1cccs1)NC(=O)[C@@H](CC(=O)N1CCOCC1)Cc1cccc2ccccc12)NCCN1CCOCC1. The lowest BCUT2D eigenvalue weighted by atomic mass is 9.83. The zero-order valence-corrected chi connectivity index (χ0v) is 33.3. The zero-order chi connectivity index (χ0) is 39.1. The molecule has 4 N–H and O–H groups in total. The molecule has 4 amide bonds. The Labute approximate surface area is 334 Å². The van der Waals surface area contributed by atoms with Gasteiger partial charge in [-0.25, -0.2) is 0 Å². The van der Waals surface area contributed by atoms with Gasteiger partial charge in [-0.2, -0.15) is 0 Å². The van der Waals surface area contributed by atoms with Gasteiger partial charge in [0.1, 0.15) is 6.04 Å². The van der Waals surface area contributed by atoms with Crippen molar-refractivity contribution in [1.29, 1.82) is 0 Å². The summed E-state index contributed by atoms with van der Waals surface area (Å²) in [6.45, 7) is 6.05. The second kappa shape index (κ2) is 21.6. The first-order valence-electron chi connectivity index (χ1n) is 20.5. The Balaban J connectivity index is 1.17. The van der Waals surface area contributed by atoms with Crippen LogP contribution in [0.2, 0.25) is 0 Å². The molecule has 1 aromatic heterocycles. The summed E-state index contributed by atoms with van der Waals surface area (Å²) < 4.78 is 10.9. The fourth-order valence-corrected chi connectivity index (χ4v) is 8.99. The van der Waals surface area contributed by atoms with Crippen molar-refractivity contribution in [3.05, 3.63) is 70.4 Å². The van der Waals surface area contributed by atoms with Crippen LogP contribution >= 0.6 is 11.3 Å². The van der Waals surface area contributed by atoms with E-state index in [1.165, 1.54) is 17.8 Å². The number of amides is 4. The number of carbonyl (C=O) groups excluding carboxylic acids is 4. The van der Waals surface area contributed by atoms with E-state index in [-0.39, 0.29) is 37.0 Å². The number of ether oxygens (including phenoxy) is 2. The second-order valence-corrected chi connectivity index (χ2v) is 16.5. The van der Waals surface area contributed by atoms with Crippen LogP contribution in [0.15, 0.2) is 60.0 Å². The molecule has 3 fully saturated rings. The Kier molecular flexibility index (Phi) is 16.1. The topological polar surface area (TPSA) is 150 Å². The average molecular weight is 790 g/mol. The van der Waals surface area contributed by atoms with Crippen LogP contribution < -0.4 is 16.0 Å². The van der Waals surface area contributed by atoms with Gasteiger partial charge >= 0.3 is 0 Å². The highest BCUT2D eigenvalue weighted by atomic mass is 32.1. The van der Waals surface area contributed by atoms with E-state index in [4.69, 9.17) is 9.47 Å². The molecule has 4 atom stereocenters. The van der Waals surface area contributed by atoms with Gasteiger partial charge < -0.3 is 35.4 Å². The van der Waals surface area contributed by atoms with Crippen LogP contribution in [0, 0.1) is 11.8 Å². The van der Waals surface area contributed by atoms with Gasteiger partial charge in [0.05, 0.1) is 50.9 Å². The highest BCUT2D eigenvalue weighted by Crippen LogP contribution is 2.29. The summed E-state index contributed by atoms with van der Waals surface area (Å²) in [6.07, 6.45) is 5.25. The molecule has 2 aliphatic heterocycles. The van der Waals surface area contributed by atoms with E-state index in [1.807, 2.05) is 60.0 Å². The van der Waals surface area contributed by atoms with Gasteiger partial charge in [-0.3, -0.25) is 24.1 Å². The second-order valence-electron chi connectivity index (χ2n) is 15.5. The number of morpholine rings is 2. The summed E-state index contributed by atoms with van der Waals surface area (Å²) in [7, 11) is 0. The van der Waals surface area contributed by atoms with Gasteiger partial charge in [-0.1, -0.05) is 80.6 Å². The van der Waals surface area contributed by atoms with Gasteiger partial charge in [0.25, 0.3) is 0 Å². The molecule has 12 nitrogen and oxygen atoms in total. The number of aliphatic hydroxyl groups excluding tert-OH is 1. The standard InChI is InChI=1S/C43H59N5O7S/c49-39(30-40(50)44-15-16-47-17-21-54-22-18-47)37(26-31-8-2-1-3-9-31)45-43(53)38(29-35-13-7-25-56-35)46-42(52)34(28-41(51)48-19-23-55-24-20-48)27-33-12-6-11-32-10-4-5-14-36(32)33/h4-7,10-14,25,31,34,37-39,49H,1-3,8-9,15-24,26-30H2,(H,44,50)(H,45,53)(H,46,52)/t34-,37+,38+,39+/m1/s1. The molecule has 0 unspecified atom stereocenters. The van der Waals surface area contributed by atoms with Gasteiger partial charge in [-0.15, -0.1) is 11.3 Å². The van der Waals surface area contributed by atoms with Crippen molar-refractivity contribution in [2.75, 3.05) is 65.7 Å². The van der Waals surface area contributed by atoms with Crippen LogP contribution in [0.5, 0.6) is 0 Å². The number of benzene rings is 2. The predicted octanol–water partition coefficient (Wildman–Crippen LogP) is 3.69. The molecule has 2 saturated heterocycles. The third-order valence-corrected chi connectivity index (χ3v) is 12.4. The molecule has 0 spiro atoms. The Morgan fingerprint density at radius 1 is 0.804 bits per heavy atom. The molecule has 0 bridgehead atoms. The molecule has 6 rings (SSSR count). The van der Waals surface area contributed by atoms with E-state index < -0.39 is 30.0 Å². The molecular weight excluding hydrogens is 731 g/mol. The minimum absolute atomic E-state index is 0.00787. The molecule has 56 heavy (non-hydrogen) atoms. The lowest BCUT2D eigenvalue weighted by molar-refractivity contribution is -0.140. The van der Waals surface area contributed by atoms with E-state index in [9.17, 15) is 24.3 Å². The first kappa shape index (κ1) is 41.7. The van der Waals surface area contributed by atoms with Crippen LogP contribution in [0.3, 0.4) is 0 Å². The normalized spacial score (nSPS) is 19.1. The monoisotopic (exact) mass is 789 g/mol. The van der Waals surface area contributed by atoms with Crippen LogP contribution in [0.1, 0.15) is 61.8 Å². The third-order valence-electron chi connectivity index (χ3n) is 11.5. The summed E-state index contributed by atoms with van der Waals surface area (Å²) in [4.78, 5) is 60.4. The summed E-state index contributed by atoms with van der Waals surface area (Å²) in [5.41, 5.74) is 0.955. The number of nitrogens with zero attached hydrogens (tertiary/aromatic N) is 2. The van der Waals surface area contributed by atoms with Crippen molar-refractivity contribution in [3.63, 3.8) is 0 Å². The first-order valence-corrected chi connectivity index (χ1v) is 21.4. The smallest absolute Gasteiger partial charge is 0.243 e. The molecule has 3 aromatic rings. The highest BCUT2D eigenvalue weighted by Gasteiger charge is 2.33. The number of carbonyl (C=O) groups is 4. The largest absolute Gasteiger partial charge is 0.390 e. The van der Waals surface area contributed by atoms with Crippen molar-refractivity contribution in [1.82, 2.24) is 25.8 Å². The highest BCUT2D eigenvalue weighted by molar-refractivity contribution is 7.09. The maximum Gasteiger partial charge on any atom is 0.243 e. The fourth-order valence-electron chi connectivity index (χ4n) is 8.23. The summed E-state index contributed by atoms with van der Waals surface area (Å²) in [5.74, 6) is -1.59. The summed E-state index contributed by atoms with van der Waals surface area (Å²) >= 11 is 1.50. The zero-order valence-electron chi connectivity index (χ0n) is 32.5. The molecule has 3 heterocycles. The molecule has 13 heteroatoms. The maximum absolute atomic E-state index is 14.4. The first-order chi connectivity index (χ1) is 27.3. The molecular formula is C43H59N5O7S. The number of hydrogen-bond acceptors (Lipinski definition) is 9. The third kappa shape index (κ3) is 12.6. The van der Waals surface area contributed by atoms with Crippen LogP contribution in [-0.4, -0.2) is 122 Å². The lowest BCUT2D eigenvalue weighted by Gasteiger charge is -2.32. The van der Waals surface area contributed by atoms with Crippen molar-refractivity contribution in [2.24, 2.45) is 11.8 Å². The minimum Gasteiger partial charge on any atom is -0.390 e. The van der Waals surface area contributed by atoms with E-state index >= 15 is 0 Å². The molecule has 1 saturated carbocycles. The quantitative estimate of drug-likeness (QED) is 0.153. The van der Waals surface area contributed by atoms with E-state index in [2.05, 4.69) is 20.9 Å². The molecule has 3 aliphatic rings. The lowest BCUT2D eigenvalue weighted by Crippen LogP contribution is -2.55. The predicted molar refractivity (Wildman–Crippen MR) is 217 cm³/mol. The van der Waals surface area contributed by atoms with E-state index in [0.29, 0.717) is 71.4 Å². The molecule has 0 radical (unpaired) electrons. The maximum atomic E-state index is 14.4. The molecule has 1 aliphatic carbocycles. The van der Waals surface area contributed by atoms with Gasteiger partial charge in [0.15, 0.2) is 0 Å². The van der Waals surface area contributed by atoms with E-state index in [0.717, 1.165) is 60.0 Å². The van der Waals surface area contributed by atoms with Gasteiger partial charge in [-0.05, 0) is 46.5 Å². The average Bonchev–Trinajstić information content (AvgIpc) is 3.74. The number of fused-ring (bicyclic) bond motifs is 1. The Hall–Kier alpha value is -3.88. The van der Waals surface area contributed by atoms with E-state index in [1.54, 1.807) is 4.90 Å². The fraction of sp³-hybridized carbons (Fsp3) is 0.581. The van der Waals surface area contributed by atoms with Crippen LogP contribution in [-0.2, 0) is 41.5 Å². The number of aliphatic hydroxyl groups is 1. The summed E-state index contributed by atoms with van der Waals surface area (Å²) in [6, 6.07) is 16.2. The Morgan fingerprint density at radius 2 is 1.54 bits per heavy atom. The Bertz CT molecular complexity index is 1700. The van der Waals surface area contributed by atoms with Crippen molar-refractivity contribution >= 4 is 45.7 Å². The Morgan fingerprint density at radius 3 is 2.29 bits per heavy atom. The van der Waals surface area contributed by atoms with Crippen LogP contribution in [0.4, 0.5) is 0 Å². The molecule has 304 valence electrons.